The number of aryl methyl sites for hydroxylation is 1. The largest absolute Gasteiger partial charge is 0.496 e. The molecule has 0 spiro atoms. The summed E-state index contributed by atoms with van der Waals surface area (Å²) in [5.41, 5.74) is 2.21. The minimum atomic E-state index is 0.0885. The Labute approximate surface area is 83.9 Å². The predicted octanol–water partition coefficient (Wildman–Crippen LogP) is 2.45. The third-order valence-corrected chi connectivity index (χ3v) is 2.83. The van der Waals surface area contributed by atoms with Crippen LogP contribution in [0.15, 0.2) is 18.2 Å². The second kappa shape index (κ2) is 3.45. The van der Waals surface area contributed by atoms with Gasteiger partial charge in [-0.2, -0.15) is 0 Å². The Morgan fingerprint density at radius 1 is 1.43 bits per heavy atom. The van der Waals surface area contributed by atoms with Crippen LogP contribution in [0.1, 0.15) is 29.9 Å². The van der Waals surface area contributed by atoms with Crippen molar-refractivity contribution in [1.82, 2.24) is 0 Å². The highest BCUT2D eigenvalue weighted by Gasteiger charge is 2.31. The minimum absolute atomic E-state index is 0.0885. The highest BCUT2D eigenvalue weighted by Crippen LogP contribution is 2.38. The van der Waals surface area contributed by atoms with Crippen LogP contribution >= 0.6 is 0 Å². The molecule has 0 heterocycles. The van der Waals surface area contributed by atoms with E-state index < -0.39 is 0 Å². The number of hydrogen-bond donors (Lipinski definition) is 0. The van der Waals surface area contributed by atoms with Crippen LogP contribution in [0.2, 0.25) is 0 Å². The van der Waals surface area contributed by atoms with Gasteiger partial charge < -0.3 is 4.74 Å². The average Bonchev–Trinajstić information content (AvgIpc) is 2.18. The molecule has 1 atom stereocenters. The lowest BCUT2D eigenvalue weighted by atomic mass is 9.78. The quantitative estimate of drug-likeness (QED) is 0.716. The van der Waals surface area contributed by atoms with Gasteiger partial charge in [-0.25, -0.2) is 0 Å². The van der Waals surface area contributed by atoms with E-state index in [4.69, 9.17) is 4.74 Å². The van der Waals surface area contributed by atoms with E-state index in [9.17, 15) is 4.79 Å². The molecule has 0 amide bonds. The van der Waals surface area contributed by atoms with Crippen LogP contribution in [0.25, 0.3) is 0 Å². The molecule has 1 saturated carbocycles. The molecule has 1 aromatic carbocycles. The molecule has 0 saturated heterocycles. The van der Waals surface area contributed by atoms with Gasteiger partial charge in [-0.05, 0) is 25.0 Å². The number of benzene rings is 1. The summed E-state index contributed by atoms with van der Waals surface area (Å²) < 4.78 is 5.28. The average molecular weight is 190 g/mol. The predicted molar refractivity (Wildman–Crippen MR) is 54.7 cm³/mol. The van der Waals surface area contributed by atoms with Gasteiger partial charge in [0.25, 0.3) is 0 Å². The molecule has 1 unspecified atom stereocenters. The van der Waals surface area contributed by atoms with Crippen LogP contribution < -0.4 is 4.74 Å². The first-order valence-corrected chi connectivity index (χ1v) is 4.89. The third-order valence-electron chi connectivity index (χ3n) is 2.83. The zero-order valence-corrected chi connectivity index (χ0v) is 8.54. The second-order valence-electron chi connectivity index (χ2n) is 3.80. The number of methoxy groups -OCH3 is 1. The molecule has 2 nitrogen and oxygen atoms in total. The van der Waals surface area contributed by atoms with E-state index >= 15 is 0 Å². The van der Waals surface area contributed by atoms with Gasteiger partial charge in [-0.15, -0.1) is 0 Å². The third kappa shape index (κ3) is 1.41. The molecule has 1 aliphatic rings. The van der Waals surface area contributed by atoms with Gasteiger partial charge in [-0.3, -0.25) is 4.79 Å². The van der Waals surface area contributed by atoms with E-state index in [0.29, 0.717) is 5.78 Å². The van der Waals surface area contributed by atoms with E-state index in [1.807, 2.05) is 25.1 Å². The summed E-state index contributed by atoms with van der Waals surface area (Å²) in [6.45, 7) is 2.02. The lowest BCUT2D eigenvalue weighted by Crippen LogP contribution is -2.23. The van der Waals surface area contributed by atoms with Gasteiger partial charge in [0, 0.05) is 17.9 Å². The van der Waals surface area contributed by atoms with Gasteiger partial charge >= 0.3 is 0 Å². The maximum Gasteiger partial charge on any atom is 0.140 e. The van der Waals surface area contributed by atoms with Crippen LogP contribution in [-0.2, 0) is 4.79 Å². The summed E-state index contributed by atoms with van der Waals surface area (Å²) in [4.78, 5) is 11.3. The standard InChI is InChI=1S/C12H14O2/c1-8-3-4-10(12(7-8)14-2)9-5-6-11(9)13/h3-4,7,9H,5-6H2,1-2H3. The molecule has 2 rings (SSSR count). The summed E-state index contributed by atoms with van der Waals surface area (Å²) in [6, 6.07) is 6.03. The van der Waals surface area contributed by atoms with Crippen molar-refractivity contribution in [3.8, 4) is 5.75 Å². The smallest absolute Gasteiger partial charge is 0.140 e. The molecule has 1 aliphatic carbocycles. The first-order chi connectivity index (χ1) is 6.72. The number of carbonyl (C=O) groups excluding carboxylic acids is 1. The Morgan fingerprint density at radius 3 is 2.71 bits per heavy atom. The summed E-state index contributed by atoms with van der Waals surface area (Å²) in [5.74, 6) is 1.28. The number of carbonyl (C=O) groups is 1. The van der Waals surface area contributed by atoms with Gasteiger partial charge in [0.05, 0.1) is 7.11 Å². The van der Waals surface area contributed by atoms with Gasteiger partial charge in [0.15, 0.2) is 0 Å². The monoisotopic (exact) mass is 190 g/mol. The lowest BCUT2D eigenvalue weighted by Gasteiger charge is -2.25. The number of ketones is 1. The van der Waals surface area contributed by atoms with Crippen molar-refractivity contribution in [2.24, 2.45) is 0 Å². The Kier molecular flexibility index (Phi) is 2.28. The van der Waals surface area contributed by atoms with E-state index in [0.717, 1.165) is 29.7 Å². The Hall–Kier alpha value is -1.31. The molecule has 74 valence electrons. The molecule has 0 aliphatic heterocycles. The maximum absolute atomic E-state index is 11.3. The number of rotatable bonds is 2. The Bertz CT molecular complexity index is 369. The molecular weight excluding hydrogens is 176 g/mol. The highest BCUT2D eigenvalue weighted by molar-refractivity contribution is 5.91. The van der Waals surface area contributed by atoms with E-state index in [1.165, 1.54) is 0 Å². The molecular formula is C12H14O2. The summed E-state index contributed by atoms with van der Waals surface area (Å²) in [6.07, 6.45) is 1.69. The summed E-state index contributed by atoms with van der Waals surface area (Å²) in [5, 5.41) is 0. The van der Waals surface area contributed by atoms with E-state index in [2.05, 4.69) is 0 Å². The number of Topliss-reactive ketones (excluding diaryl/α,β-unsaturated/α-hetero) is 1. The molecule has 0 bridgehead atoms. The van der Waals surface area contributed by atoms with Gasteiger partial charge in [0.2, 0.25) is 0 Å². The molecule has 14 heavy (non-hydrogen) atoms. The zero-order valence-electron chi connectivity index (χ0n) is 8.54. The Balaban J connectivity index is 2.36. The van der Waals surface area contributed by atoms with Crippen molar-refractivity contribution in [3.05, 3.63) is 29.3 Å². The fourth-order valence-electron chi connectivity index (χ4n) is 1.84. The van der Waals surface area contributed by atoms with Gasteiger partial charge in [-0.1, -0.05) is 12.1 Å². The van der Waals surface area contributed by atoms with Crippen molar-refractivity contribution in [2.75, 3.05) is 7.11 Å². The number of hydrogen-bond acceptors (Lipinski definition) is 2. The first kappa shape index (κ1) is 9.25. The van der Waals surface area contributed by atoms with Crippen LogP contribution in [-0.4, -0.2) is 12.9 Å². The van der Waals surface area contributed by atoms with Gasteiger partial charge in [0.1, 0.15) is 11.5 Å². The molecule has 2 heteroatoms. The van der Waals surface area contributed by atoms with E-state index in [-0.39, 0.29) is 5.92 Å². The lowest BCUT2D eigenvalue weighted by molar-refractivity contribution is -0.125. The van der Waals surface area contributed by atoms with Crippen LogP contribution in [0.3, 0.4) is 0 Å². The molecule has 0 aromatic heterocycles. The first-order valence-electron chi connectivity index (χ1n) is 4.89. The second-order valence-corrected chi connectivity index (χ2v) is 3.80. The molecule has 1 aromatic rings. The number of ether oxygens (including phenoxy) is 1. The van der Waals surface area contributed by atoms with Crippen molar-refractivity contribution in [1.29, 1.82) is 0 Å². The van der Waals surface area contributed by atoms with E-state index in [1.54, 1.807) is 7.11 Å². The SMILES string of the molecule is COc1cc(C)ccc1C1CCC1=O. The highest BCUT2D eigenvalue weighted by atomic mass is 16.5. The van der Waals surface area contributed by atoms with Crippen molar-refractivity contribution in [3.63, 3.8) is 0 Å². The minimum Gasteiger partial charge on any atom is -0.496 e. The molecule has 1 fully saturated rings. The fourth-order valence-corrected chi connectivity index (χ4v) is 1.84. The summed E-state index contributed by atoms with van der Waals surface area (Å²) in [7, 11) is 1.65. The normalized spacial score (nSPS) is 20.4. The fraction of sp³-hybridized carbons (Fsp3) is 0.417. The summed E-state index contributed by atoms with van der Waals surface area (Å²) >= 11 is 0. The van der Waals surface area contributed by atoms with Crippen LogP contribution in [0.5, 0.6) is 5.75 Å². The molecule has 0 radical (unpaired) electrons. The topological polar surface area (TPSA) is 26.3 Å². The van der Waals surface area contributed by atoms with Crippen LogP contribution in [0.4, 0.5) is 0 Å². The zero-order chi connectivity index (χ0) is 10.1. The van der Waals surface area contributed by atoms with Crippen LogP contribution in [0, 0.1) is 6.92 Å². The van der Waals surface area contributed by atoms with Crippen molar-refractivity contribution in [2.45, 2.75) is 25.7 Å². The molecule has 0 N–H and O–H groups in total. The van der Waals surface area contributed by atoms with Crippen molar-refractivity contribution >= 4 is 5.78 Å². The Morgan fingerprint density at radius 2 is 2.21 bits per heavy atom. The maximum atomic E-state index is 11.3. The van der Waals surface area contributed by atoms with Crippen molar-refractivity contribution < 1.29 is 9.53 Å².